The third-order valence-electron chi connectivity index (χ3n) is 3.44. The normalized spacial score (nSPS) is 15.1. The lowest BCUT2D eigenvalue weighted by molar-refractivity contribution is -0.137. The van der Waals surface area contributed by atoms with Crippen molar-refractivity contribution in [1.29, 1.82) is 0 Å². The lowest BCUT2D eigenvalue weighted by Crippen LogP contribution is -2.56. The smallest absolute Gasteiger partial charge is 0.417 e. The maximum absolute atomic E-state index is 12.5. The summed E-state index contributed by atoms with van der Waals surface area (Å²) in [5.41, 5.74) is -0.377. The Kier molecular flexibility index (Phi) is 4.44. The molecule has 0 spiro atoms. The topological polar surface area (TPSA) is 55.3 Å². The Balaban J connectivity index is 1.54. The van der Waals surface area contributed by atoms with E-state index in [0.717, 1.165) is 12.3 Å². The van der Waals surface area contributed by atoms with E-state index in [1.807, 2.05) is 0 Å². The Morgan fingerprint density at radius 3 is 2.58 bits per heavy atom. The van der Waals surface area contributed by atoms with Crippen LogP contribution in [0.25, 0.3) is 0 Å². The molecule has 24 heavy (non-hydrogen) atoms. The number of nitrogens with zero attached hydrogens (tertiary/aromatic N) is 3. The van der Waals surface area contributed by atoms with Crippen molar-refractivity contribution in [1.82, 2.24) is 14.9 Å². The van der Waals surface area contributed by atoms with Crippen molar-refractivity contribution < 1.29 is 22.7 Å². The van der Waals surface area contributed by atoms with Gasteiger partial charge in [0.15, 0.2) is 0 Å². The molecule has 0 unspecified atom stereocenters. The molecule has 0 radical (unpaired) electrons. The molecule has 1 amide bonds. The maximum atomic E-state index is 12.5. The van der Waals surface area contributed by atoms with Crippen LogP contribution in [-0.2, 0) is 6.18 Å². The first kappa shape index (κ1) is 16.7. The summed E-state index contributed by atoms with van der Waals surface area (Å²) in [5, 5.41) is 0. The third kappa shape index (κ3) is 3.66. The number of amides is 1. The fourth-order valence-electron chi connectivity index (χ4n) is 2.18. The Bertz CT molecular complexity index is 746. The molecule has 0 N–H and O–H groups in total. The standard InChI is InChI=1S/C15H11BrF3N3O2/c16-11-3-9(4-20-6-11)14(23)22-7-12(8-22)24-13-2-1-10(5-21-13)15(17,18)19/h1-6,12H,7-8H2. The predicted octanol–water partition coefficient (Wildman–Crippen LogP) is 3.16. The number of rotatable bonds is 3. The summed E-state index contributed by atoms with van der Waals surface area (Å²) in [5.74, 6) is -0.0757. The van der Waals surface area contributed by atoms with Crippen molar-refractivity contribution in [3.63, 3.8) is 0 Å². The van der Waals surface area contributed by atoms with Gasteiger partial charge in [-0.15, -0.1) is 0 Å². The van der Waals surface area contributed by atoms with Gasteiger partial charge >= 0.3 is 6.18 Å². The largest absolute Gasteiger partial charge is 0.471 e. The van der Waals surface area contributed by atoms with Crippen molar-refractivity contribution in [3.05, 3.63) is 52.4 Å². The molecule has 0 saturated carbocycles. The molecule has 5 nitrogen and oxygen atoms in total. The second-order valence-corrected chi connectivity index (χ2v) is 6.14. The highest BCUT2D eigenvalue weighted by Crippen LogP contribution is 2.29. The average molecular weight is 402 g/mol. The highest BCUT2D eigenvalue weighted by atomic mass is 79.9. The SMILES string of the molecule is O=C(c1cncc(Br)c1)N1CC(Oc2ccc(C(F)(F)F)cn2)C1. The maximum Gasteiger partial charge on any atom is 0.417 e. The molecule has 2 aromatic heterocycles. The lowest BCUT2D eigenvalue weighted by Gasteiger charge is -2.38. The van der Waals surface area contributed by atoms with E-state index >= 15 is 0 Å². The molecule has 1 aliphatic heterocycles. The van der Waals surface area contributed by atoms with Gasteiger partial charge in [0.25, 0.3) is 5.91 Å². The summed E-state index contributed by atoms with van der Waals surface area (Å²) in [6.07, 6.45) is -0.945. The number of halogens is 4. The lowest BCUT2D eigenvalue weighted by atomic mass is 10.1. The molecule has 3 rings (SSSR count). The van der Waals surface area contributed by atoms with Crippen molar-refractivity contribution in [2.24, 2.45) is 0 Å². The van der Waals surface area contributed by atoms with Gasteiger partial charge in [-0.2, -0.15) is 13.2 Å². The fourth-order valence-corrected chi connectivity index (χ4v) is 2.54. The quantitative estimate of drug-likeness (QED) is 0.792. The van der Waals surface area contributed by atoms with E-state index in [-0.39, 0.29) is 17.9 Å². The van der Waals surface area contributed by atoms with Gasteiger partial charge in [-0.1, -0.05) is 0 Å². The van der Waals surface area contributed by atoms with Crippen LogP contribution in [0.15, 0.2) is 41.3 Å². The number of likely N-dealkylation sites (tertiary alicyclic amines) is 1. The van der Waals surface area contributed by atoms with E-state index in [2.05, 4.69) is 25.9 Å². The van der Waals surface area contributed by atoms with Gasteiger partial charge in [0.2, 0.25) is 5.88 Å². The fraction of sp³-hybridized carbons (Fsp3) is 0.267. The van der Waals surface area contributed by atoms with Gasteiger partial charge in [0.1, 0.15) is 6.10 Å². The Morgan fingerprint density at radius 1 is 1.25 bits per heavy atom. The molecule has 3 heterocycles. The Morgan fingerprint density at radius 2 is 2.00 bits per heavy atom. The molecule has 126 valence electrons. The van der Waals surface area contributed by atoms with Crippen molar-refractivity contribution >= 4 is 21.8 Å². The van der Waals surface area contributed by atoms with Crippen molar-refractivity contribution in [3.8, 4) is 5.88 Å². The first-order chi connectivity index (χ1) is 11.3. The molecular formula is C15H11BrF3N3O2. The zero-order chi connectivity index (χ0) is 17.3. The van der Waals surface area contributed by atoms with E-state index in [4.69, 9.17) is 4.74 Å². The Labute approximate surface area is 143 Å². The highest BCUT2D eigenvalue weighted by Gasteiger charge is 2.34. The summed E-state index contributed by atoms with van der Waals surface area (Å²) in [6.45, 7) is 0.683. The van der Waals surface area contributed by atoms with Crippen LogP contribution in [0.2, 0.25) is 0 Å². The molecule has 1 aliphatic rings. The number of aromatic nitrogens is 2. The van der Waals surface area contributed by atoms with Crippen molar-refractivity contribution in [2.45, 2.75) is 12.3 Å². The van der Waals surface area contributed by atoms with E-state index in [1.54, 1.807) is 17.2 Å². The van der Waals surface area contributed by atoms with Crippen LogP contribution in [0.4, 0.5) is 13.2 Å². The van der Waals surface area contributed by atoms with Crippen LogP contribution in [0, 0.1) is 0 Å². The molecule has 1 saturated heterocycles. The van der Waals surface area contributed by atoms with E-state index in [9.17, 15) is 18.0 Å². The van der Waals surface area contributed by atoms with Crippen LogP contribution >= 0.6 is 15.9 Å². The van der Waals surface area contributed by atoms with Crippen LogP contribution in [0.5, 0.6) is 5.88 Å². The second kappa shape index (κ2) is 6.39. The van der Waals surface area contributed by atoms with Crippen LogP contribution in [-0.4, -0.2) is 40.0 Å². The van der Waals surface area contributed by atoms with Gasteiger partial charge in [-0.3, -0.25) is 9.78 Å². The second-order valence-electron chi connectivity index (χ2n) is 5.22. The minimum Gasteiger partial charge on any atom is -0.471 e. The molecular weight excluding hydrogens is 391 g/mol. The first-order valence-electron chi connectivity index (χ1n) is 6.92. The molecule has 1 fully saturated rings. The number of hydrogen-bond acceptors (Lipinski definition) is 4. The van der Waals surface area contributed by atoms with Gasteiger partial charge in [0, 0.05) is 29.1 Å². The van der Waals surface area contributed by atoms with Gasteiger partial charge in [-0.05, 0) is 28.1 Å². The number of carbonyl (C=O) groups is 1. The number of ether oxygens (including phenoxy) is 1. The average Bonchev–Trinajstić information content (AvgIpc) is 2.49. The van der Waals surface area contributed by atoms with Gasteiger partial charge in [-0.25, -0.2) is 4.98 Å². The van der Waals surface area contributed by atoms with E-state index in [1.165, 1.54) is 12.3 Å². The Hall–Kier alpha value is -2.16. The van der Waals surface area contributed by atoms with Gasteiger partial charge in [0.05, 0.1) is 24.2 Å². The minimum atomic E-state index is -4.43. The van der Waals surface area contributed by atoms with E-state index < -0.39 is 11.7 Å². The molecule has 2 aromatic rings. The summed E-state index contributed by atoms with van der Waals surface area (Å²) in [7, 11) is 0. The monoisotopic (exact) mass is 401 g/mol. The minimum absolute atomic E-state index is 0.101. The molecule has 9 heteroatoms. The molecule has 0 aliphatic carbocycles. The zero-order valence-corrected chi connectivity index (χ0v) is 13.7. The number of pyridine rings is 2. The predicted molar refractivity (Wildman–Crippen MR) is 81.5 cm³/mol. The van der Waals surface area contributed by atoms with E-state index in [0.29, 0.717) is 23.1 Å². The molecule has 0 aromatic carbocycles. The zero-order valence-electron chi connectivity index (χ0n) is 12.1. The first-order valence-corrected chi connectivity index (χ1v) is 7.72. The van der Waals surface area contributed by atoms with Crippen LogP contribution in [0.3, 0.4) is 0 Å². The van der Waals surface area contributed by atoms with Gasteiger partial charge < -0.3 is 9.64 Å². The van der Waals surface area contributed by atoms with Crippen molar-refractivity contribution in [2.75, 3.05) is 13.1 Å². The molecule has 0 atom stereocenters. The summed E-state index contributed by atoms with van der Waals surface area (Å²) >= 11 is 3.25. The molecule has 0 bridgehead atoms. The number of carbonyl (C=O) groups excluding carboxylic acids is 1. The number of alkyl halides is 3. The summed E-state index contributed by atoms with van der Waals surface area (Å²) in [4.78, 5) is 21.3. The number of hydrogen-bond donors (Lipinski definition) is 0. The van der Waals surface area contributed by atoms with Crippen LogP contribution < -0.4 is 4.74 Å². The highest BCUT2D eigenvalue weighted by molar-refractivity contribution is 9.10. The van der Waals surface area contributed by atoms with Crippen LogP contribution in [0.1, 0.15) is 15.9 Å². The summed E-state index contributed by atoms with van der Waals surface area (Å²) in [6, 6.07) is 3.75. The summed E-state index contributed by atoms with van der Waals surface area (Å²) < 4.78 is 43.5. The third-order valence-corrected chi connectivity index (χ3v) is 3.87.